The number of H-pyrrole nitrogens is 1. The second kappa shape index (κ2) is 4.08. The zero-order chi connectivity index (χ0) is 9.84. The molecule has 2 heteroatoms. The van der Waals surface area contributed by atoms with Crippen LogP contribution in [0.4, 0.5) is 4.39 Å². The molecule has 0 aliphatic rings. The van der Waals surface area contributed by atoms with Gasteiger partial charge in [0.25, 0.3) is 0 Å². The van der Waals surface area contributed by atoms with Gasteiger partial charge in [0.15, 0.2) is 0 Å². The van der Waals surface area contributed by atoms with Gasteiger partial charge in [-0.05, 0) is 30.7 Å². The van der Waals surface area contributed by atoms with Gasteiger partial charge in [0.05, 0.1) is 0 Å². The fourth-order valence-electron chi connectivity index (χ4n) is 1.23. The smallest absolute Gasteiger partial charge is 0.123 e. The zero-order valence-electron chi connectivity index (χ0n) is 8.19. The molecule has 0 radical (unpaired) electrons. The average Bonchev–Trinajstić information content (AvgIpc) is 2.52. The lowest BCUT2D eigenvalue weighted by Crippen LogP contribution is -1.73. The van der Waals surface area contributed by atoms with E-state index in [4.69, 9.17) is 0 Å². The molecule has 1 heterocycles. The molecule has 0 aliphatic heterocycles. The van der Waals surface area contributed by atoms with Crippen molar-refractivity contribution in [3.05, 3.63) is 35.8 Å². The van der Waals surface area contributed by atoms with Crippen molar-refractivity contribution < 1.29 is 4.39 Å². The molecule has 1 nitrogen and oxygen atoms in total. The Morgan fingerprint density at radius 2 is 1.92 bits per heavy atom. The van der Waals surface area contributed by atoms with Gasteiger partial charge in [-0.1, -0.05) is 13.8 Å². The van der Waals surface area contributed by atoms with Gasteiger partial charge in [-0.2, -0.15) is 0 Å². The third-order valence-corrected chi connectivity index (χ3v) is 1.85. The highest BCUT2D eigenvalue weighted by atomic mass is 19.1. The second-order valence-electron chi connectivity index (χ2n) is 2.66. The van der Waals surface area contributed by atoms with Crippen LogP contribution in [-0.4, -0.2) is 4.98 Å². The number of rotatable bonds is 0. The lowest BCUT2D eigenvalue weighted by atomic mass is 10.2. The van der Waals surface area contributed by atoms with Crippen molar-refractivity contribution in [1.29, 1.82) is 0 Å². The van der Waals surface area contributed by atoms with Gasteiger partial charge >= 0.3 is 0 Å². The van der Waals surface area contributed by atoms with E-state index in [9.17, 15) is 4.39 Å². The number of benzene rings is 1. The van der Waals surface area contributed by atoms with Crippen molar-refractivity contribution in [3.8, 4) is 0 Å². The van der Waals surface area contributed by atoms with E-state index < -0.39 is 0 Å². The summed E-state index contributed by atoms with van der Waals surface area (Å²) in [4.78, 5) is 3.05. The summed E-state index contributed by atoms with van der Waals surface area (Å²) >= 11 is 0. The zero-order valence-corrected chi connectivity index (χ0v) is 8.19. The Morgan fingerprint density at radius 3 is 2.62 bits per heavy atom. The minimum atomic E-state index is -0.180. The van der Waals surface area contributed by atoms with E-state index in [1.54, 1.807) is 12.1 Å². The highest BCUT2D eigenvalue weighted by Gasteiger charge is 1.98. The quantitative estimate of drug-likeness (QED) is 0.635. The summed E-state index contributed by atoms with van der Waals surface area (Å²) in [5.41, 5.74) is 2.07. The minimum Gasteiger partial charge on any atom is -0.361 e. The molecule has 13 heavy (non-hydrogen) atoms. The van der Waals surface area contributed by atoms with Crippen molar-refractivity contribution in [1.82, 2.24) is 4.98 Å². The van der Waals surface area contributed by atoms with Crippen LogP contribution >= 0.6 is 0 Å². The van der Waals surface area contributed by atoms with Gasteiger partial charge in [0.2, 0.25) is 0 Å². The summed E-state index contributed by atoms with van der Waals surface area (Å²) in [6.45, 7) is 5.96. The number of aromatic nitrogens is 1. The van der Waals surface area contributed by atoms with Gasteiger partial charge in [-0.3, -0.25) is 0 Å². The van der Waals surface area contributed by atoms with Gasteiger partial charge < -0.3 is 4.98 Å². The maximum atomic E-state index is 12.7. The molecule has 0 saturated heterocycles. The Balaban J connectivity index is 0.000000396. The fraction of sp³-hybridized carbons (Fsp3) is 0.273. The minimum absolute atomic E-state index is 0.180. The van der Waals surface area contributed by atoms with Crippen LogP contribution in [0.15, 0.2) is 24.4 Å². The fourth-order valence-corrected chi connectivity index (χ4v) is 1.23. The summed E-state index contributed by atoms with van der Waals surface area (Å²) in [6.07, 6.45) is 1.88. The number of aromatic amines is 1. The number of nitrogens with one attached hydrogen (secondary N) is 1. The molecular weight excluding hydrogens is 165 g/mol. The van der Waals surface area contributed by atoms with E-state index in [0.717, 1.165) is 16.5 Å². The van der Waals surface area contributed by atoms with Gasteiger partial charge in [-0.25, -0.2) is 4.39 Å². The molecule has 1 aromatic heterocycles. The van der Waals surface area contributed by atoms with Crippen molar-refractivity contribution in [2.75, 3.05) is 0 Å². The van der Waals surface area contributed by atoms with Crippen molar-refractivity contribution >= 4 is 10.9 Å². The van der Waals surface area contributed by atoms with E-state index in [2.05, 4.69) is 4.98 Å². The molecular formula is C11H14FN. The van der Waals surface area contributed by atoms with E-state index >= 15 is 0 Å². The Bertz CT molecular complexity index is 390. The van der Waals surface area contributed by atoms with Crippen LogP contribution in [0.3, 0.4) is 0 Å². The third-order valence-electron chi connectivity index (χ3n) is 1.85. The summed E-state index contributed by atoms with van der Waals surface area (Å²) < 4.78 is 12.7. The molecule has 0 fully saturated rings. The highest BCUT2D eigenvalue weighted by Crippen LogP contribution is 2.17. The molecule has 0 spiro atoms. The molecule has 0 saturated carbocycles. The van der Waals surface area contributed by atoms with Crippen LogP contribution < -0.4 is 0 Å². The first-order valence-electron chi connectivity index (χ1n) is 4.50. The molecule has 1 aromatic carbocycles. The normalized spacial score (nSPS) is 9.54. The van der Waals surface area contributed by atoms with E-state index in [0.29, 0.717) is 0 Å². The Morgan fingerprint density at radius 1 is 1.23 bits per heavy atom. The lowest BCUT2D eigenvalue weighted by Gasteiger charge is -1.90. The first-order valence-corrected chi connectivity index (χ1v) is 4.50. The van der Waals surface area contributed by atoms with Crippen LogP contribution in [0.2, 0.25) is 0 Å². The molecule has 0 unspecified atom stereocenters. The van der Waals surface area contributed by atoms with Crippen LogP contribution in [0.5, 0.6) is 0 Å². The Kier molecular flexibility index (Phi) is 3.07. The maximum Gasteiger partial charge on any atom is 0.123 e. The highest BCUT2D eigenvalue weighted by molar-refractivity contribution is 5.82. The monoisotopic (exact) mass is 179 g/mol. The number of aryl methyl sites for hydroxylation is 1. The summed E-state index contributed by atoms with van der Waals surface area (Å²) in [6, 6.07) is 4.75. The van der Waals surface area contributed by atoms with Crippen LogP contribution in [0.25, 0.3) is 10.9 Å². The standard InChI is InChI=1S/C9H8FN.C2H6/c1-6-5-11-9-3-2-7(10)4-8(6)9;1-2/h2-5,11H,1H3;1-2H3. The summed E-state index contributed by atoms with van der Waals surface area (Å²) in [5.74, 6) is -0.180. The predicted molar refractivity (Wildman–Crippen MR) is 54.3 cm³/mol. The second-order valence-corrected chi connectivity index (χ2v) is 2.66. The van der Waals surface area contributed by atoms with Gasteiger partial charge in [-0.15, -0.1) is 0 Å². The predicted octanol–water partition coefficient (Wildman–Crippen LogP) is 3.64. The van der Waals surface area contributed by atoms with E-state index in [1.807, 2.05) is 27.0 Å². The molecule has 70 valence electrons. The van der Waals surface area contributed by atoms with Gasteiger partial charge in [0, 0.05) is 17.1 Å². The number of hydrogen-bond donors (Lipinski definition) is 1. The molecule has 2 rings (SSSR count). The molecule has 0 amide bonds. The average molecular weight is 179 g/mol. The van der Waals surface area contributed by atoms with Crippen molar-refractivity contribution in [3.63, 3.8) is 0 Å². The first kappa shape index (κ1) is 9.78. The molecule has 0 bridgehead atoms. The van der Waals surface area contributed by atoms with Crippen molar-refractivity contribution in [2.45, 2.75) is 20.8 Å². The van der Waals surface area contributed by atoms with Gasteiger partial charge in [0.1, 0.15) is 5.82 Å². The number of fused-ring (bicyclic) bond motifs is 1. The maximum absolute atomic E-state index is 12.7. The number of hydrogen-bond acceptors (Lipinski definition) is 0. The Labute approximate surface area is 77.6 Å². The molecule has 0 atom stereocenters. The first-order chi connectivity index (χ1) is 6.27. The topological polar surface area (TPSA) is 15.8 Å². The largest absolute Gasteiger partial charge is 0.361 e. The molecule has 1 N–H and O–H groups in total. The third kappa shape index (κ3) is 1.89. The molecule has 2 aromatic rings. The Hall–Kier alpha value is -1.31. The number of halogens is 1. The van der Waals surface area contributed by atoms with Crippen LogP contribution in [0, 0.1) is 12.7 Å². The summed E-state index contributed by atoms with van der Waals surface area (Å²) in [5, 5.41) is 0.963. The van der Waals surface area contributed by atoms with Crippen LogP contribution in [0.1, 0.15) is 19.4 Å². The summed E-state index contributed by atoms with van der Waals surface area (Å²) in [7, 11) is 0. The lowest BCUT2D eigenvalue weighted by molar-refractivity contribution is 0.629. The van der Waals surface area contributed by atoms with E-state index in [-0.39, 0.29) is 5.82 Å². The van der Waals surface area contributed by atoms with Crippen molar-refractivity contribution in [2.24, 2.45) is 0 Å². The SMILES string of the molecule is CC.Cc1c[nH]c2ccc(F)cc12. The van der Waals surface area contributed by atoms with E-state index in [1.165, 1.54) is 6.07 Å². The van der Waals surface area contributed by atoms with Crippen LogP contribution in [-0.2, 0) is 0 Å². The molecule has 0 aliphatic carbocycles.